The van der Waals surface area contributed by atoms with E-state index < -0.39 is 5.41 Å². The number of allylic oxidation sites excluding steroid dienone is 1. The lowest BCUT2D eigenvalue weighted by Gasteiger charge is -2.18. The van der Waals surface area contributed by atoms with E-state index in [2.05, 4.69) is 22.5 Å². The highest BCUT2D eigenvalue weighted by Crippen LogP contribution is 2.23. The zero-order valence-corrected chi connectivity index (χ0v) is 9.04. The number of carbonyl (C=O) groups excluding carboxylic acids is 1. The van der Waals surface area contributed by atoms with Crippen molar-refractivity contribution in [2.24, 2.45) is 0 Å². The third-order valence-corrected chi connectivity index (χ3v) is 2.66. The summed E-state index contributed by atoms with van der Waals surface area (Å²) in [6.07, 6.45) is 2.56. The Morgan fingerprint density at radius 2 is 1.92 bits per heavy atom. The van der Waals surface area contributed by atoms with Gasteiger partial charge in [0.15, 0.2) is 0 Å². The monoisotopic (exact) mass is 238 g/mol. The fourth-order valence-corrected chi connectivity index (χ4v) is 1.31. The van der Waals surface area contributed by atoms with Crippen molar-refractivity contribution in [3.05, 3.63) is 47.0 Å². The van der Waals surface area contributed by atoms with Crippen molar-refractivity contribution in [1.82, 2.24) is 0 Å². The van der Waals surface area contributed by atoms with E-state index in [1.807, 2.05) is 31.2 Å². The van der Waals surface area contributed by atoms with Gasteiger partial charge in [-0.05, 0) is 24.6 Å². The molecule has 0 amide bonds. The molecule has 1 rings (SSSR count). The van der Waals surface area contributed by atoms with Crippen LogP contribution in [-0.2, 0) is 10.2 Å². The molecule has 0 fully saturated rings. The summed E-state index contributed by atoms with van der Waals surface area (Å²) in [7, 11) is 0. The average molecular weight is 239 g/mol. The molecule has 0 saturated heterocycles. The number of halogens is 1. The molecule has 0 aliphatic rings. The largest absolute Gasteiger partial charge is 0.302 e. The minimum Gasteiger partial charge on any atom is -0.302 e. The van der Waals surface area contributed by atoms with Gasteiger partial charge in [0.1, 0.15) is 6.29 Å². The van der Waals surface area contributed by atoms with Gasteiger partial charge in [0.05, 0.1) is 5.41 Å². The third-order valence-electron chi connectivity index (χ3n) is 2.14. The van der Waals surface area contributed by atoms with Crippen molar-refractivity contribution in [3.63, 3.8) is 0 Å². The summed E-state index contributed by atoms with van der Waals surface area (Å²) in [4.78, 5) is 10.9. The van der Waals surface area contributed by atoms with Crippen molar-refractivity contribution >= 4 is 22.2 Å². The van der Waals surface area contributed by atoms with Gasteiger partial charge in [-0.2, -0.15) is 0 Å². The first-order valence-electron chi connectivity index (χ1n) is 3.98. The lowest BCUT2D eigenvalue weighted by atomic mass is 9.84. The molecule has 0 radical (unpaired) electrons. The molecule has 0 aliphatic heterocycles. The van der Waals surface area contributed by atoms with Gasteiger partial charge in [0.2, 0.25) is 0 Å². The van der Waals surface area contributed by atoms with Gasteiger partial charge in [0.25, 0.3) is 0 Å². The Kier molecular flexibility index (Phi) is 3.04. The first-order valence-corrected chi connectivity index (χ1v) is 4.77. The van der Waals surface area contributed by atoms with Crippen LogP contribution in [0.3, 0.4) is 0 Å². The van der Waals surface area contributed by atoms with Gasteiger partial charge in [0, 0.05) is 4.47 Å². The zero-order chi connectivity index (χ0) is 9.90. The molecule has 0 spiro atoms. The Balaban J connectivity index is 3.13. The summed E-state index contributed by atoms with van der Waals surface area (Å²) >= 11 is 3.34. The molecule has 0 aliphatic carbocycles. The molecule has 1 atom stereocenters. The Labute approximate surface area is 86.6 Å². The van der Waals surface area contributed by atoms with Crippen LogP contribution < -0.4 is 0 Å². The van der Waals surface area contributed by atoms with Gasteiger partial charge in [-0.15, -0.1) is 6.58 Å². The van der Waals surface area contributed by atoms with Crippen LogP contribution in [0.1, 0.15) is 12.5 Å². The van der Waals surface area contributed by atoms with E-state index in [9.17, 15) is 4.79 Å². The van der Waals surface area contributed by atoms with E-state index in [4.69, 9.17) is 0 Å². The second-order valence-electron chi connectivity index (χ2n) is 3.11. The van der Waals surface area contributed by atoms with Crippen molar-refractivity contribution in [2.45, 2.75) is 12.3 Å². The predicted molar refractivity (Wildman–Crippen MR) is 57.8 cm³/mol. The maximum absolute atomic E-state index is 10.9. The smallest absolute Gasteiger partial charge is 0.134 e. The Hall–Kier alpha value is -0.890. The van der Waals surface area contributed by atoms with E-state index in [0.29, 0.717) is 0 Å². The second kappa shape index (κ2) is 3.88. The summed E-state index contributed by atoms with van der Waals surface area (Å²) in [5.41, 5.74) is 0.390. The van der Waals surface area contributed by atoms with Crippen molar-refractivity contribution in [3.8, 4) is 0 Å². The number of hydrogen-bond acceptors (Lipinski definition) is 1. The highest BCUT2D eigenvalue weighted by molar-refractivity contribution is 9.10. The lowest BCUT2D eigenvalue weighted by Crippen LogP contribution is -2.19. The standard InChI is InChI=1S/C11H11BrO/c1-3-11(2,8-13)9-4-6-10(12)7-5-9/h3-8H,1H2,2H3/t11-/m0/s1. The van der Waals surface area contributed by atoms with Gasteiger partial charge < -0.3 is 4.79 Å². The van der Waals surface area contributed by atoms with Gasteiger partial charge >= 0.3 is 0 Å². The van der Waals surface area contributed by atoms with Gasteiger partial charge in [-0.25, -0.2) is 0 Å². The zero-order valence-electron chi connectivity index (χ0n) is 7.46. The molecule has 13 heavy (non-hydrogen) atoms. The van der Waals surface area contributed by atoms with E-state index in [0.717, 1.165) is 16.3 Å². The predicted octanol–water partition coefficient (Wildman–Crippen LogP) is 3.09. The second-order valence-corrected chi connectivity index (χ2v) is 4.03. The van der Waals surface area contributed by atoms with E-state index in [1.54, 1.807) is 6.08 Å². The number of hydrogen-bond donors (Lipinski definition) is 0. The van der Waals surface area contributed by atoms with Crippen LogP contribution in [0.4, 0.5) is 0 Å². The quantitative estimate of drug-likeness (QED) is 0.585. The number of aldehydes is 1. The van der Waals surface area contributed by atoms with E-state index in [-0.39, 0.29) is 0 Å². The molecule has 0 bridgehead atoms. The first-order chi connectivity index (χ1) is 6.12. The van der Waals surface area contributed by atoms with E-state index in [1.165, 1.54) is 0 Å². The van der Waals surface area contributed by atoms with Crippen LogP contribution in [0, 0.1) is 0 Å². The summed E-state index contributed by atoms with van der Waals surface area (Å²) in [5.74, 6) is 0. The topological polar surface area (TPSA) is 17.1 Å². The average Bonchev–Trinajstić information content (AvgIpc) is 2.18. The number of benzene rings is 1. The maximum atomic E-state index is 10.9. The van der Waals surface area contributed by atoms with Gasteiger partial charge in [-0.3, -0.25) is 0 Å². The van der Waals surface area contributed by atoms with Crippen molar-refractivity contribution in [1.29, 1.82) is 0 Å². The molecule has 0 N–H and O–H groups in total. The van der Waals surface area contributed by atoms with Crippen LogP contribution in [0.25, 0.3) is 0 Å². The fraction of sp³-hybridized carbons (Fsp3) is 0.182. The van der Waals surface area contributed by atoms with Crippen LogP contribution in [-0.4, -0.2) is 6.29 Å². The highest BCUT2D eigenvalue weighted by Gasteiger charge is 2.21. The minimum atomic E-state index is -0.569. The molecular weight excluding hydrogens is 228 g/mol. The van der Waals surface area contributed by atoms with Crippen molar-refractivity contribution in [2.75, 3.05) is 0 Å². The van der Waals surface area contributed by atoms with Crippen LogP contribution in [0.5, 0.6) is 0 Å². The molecule has 2 heteroatoms. The van der Waals surface area contributed by atoms with Gasteiger partial charge in [-0.1, -0.05) is 34.1 Å². The van der Waals surface area contributed by atoms with Crippen LogP contribution >= 0.6 is 15.9 Å². The Bertz CT molecular complexity index is 305. The molecule has 1 aromatic rings. The maximum Gasteiger partial charge on any atom is 0.134 e. The Morgan fingerprint density at radius 1 is 1.38 bits per heavy atom. The normalized spacial score (nSPS) is 14.6. The molecule has 0 unspecified atom stereocenters. The molecule has 0 aromatic heterocycles. The molecule has 0 saturated carbocycles. The first kappa shape index (κ1) is 10.2. The van der Waals surface area contributed by atoms with Crippen LogP contribution in [0.15, 0.2) is 41.4 Å². The summed E-state index contributed by atoms with van der Waals surface area (Å²) < 4.78 is 1.01. The number of rotatable bonds is 3. The fourth-order valence-electron chi connectivity index (χ4n) is 1.04. The lowest BCUT2D eigenvalue weighted by molar-refractivity contribution is -0.110. The summed E-state index contributed by atoms with van der Waals surface area (Å²) in [5, 5.41) is 0. The molecule has 0 heterocycles. The Morgan fingerprint density at radius 3 is 2.31 bits per heavy atom. The molecule has 1 nitrogen and oxygen atoms in total. The molecule has 1 aromatic carbocycles. The van der Waals surface area contributed by atoms with E-state index >= 15 is 0 Å². The molecule has 68 valence electrons. The minimum absolute atomic E-state index is 0.569. The summed E-state index contributed by atoms with van der Waals surface area (Å²) in [6.45, 7) is 5.50. The van der Waals surface area contributed by atoms with Crippen molar-refractivity contribution < 1.29 is 4.79 Å². The highest BCUT2D eigenvalue weighted by atomic mass is 79.9. The van der Waals surface area contributed by atoms with Crippen LogP contribution in [0.2, 0.25) is 0 Å². The third kappa shape index (κ3) is 2.07. The SMILES string of the molecule is C=C[C@@](C)(C=O)c1ccc(Br)cc1. The summed E-state index contributed by atoms with van der Waals surface area (Å²) in [6, 6.07) is 7.67. The molecular formula is C11H11BrO. The number of carbonyl (C=O) groups is 1.